The van der Waals surface area contributed by atoms with Gasteiger partial charge in [0, 0.05) is 5.69 Å². The highest BCUT2D eigenvalue weighted by atomic mass is 35.5. The van der Waals surface area contributed by atoms with Crippen molar-refractivity contribution < 1.29 is 19.1 Å². The van der Waals surface area contributed by atoms with Crippen molar-refractivity contribution in [3.05, 3.63) is 44.6 Å². The molecular formula is C17H17Cl2N3O4S. The Balaban J connectivity index is 1.85. The standard InChI is InChI=1S/C17H17Cl2N3O4S/c1-22(8-14(23)20-10-3-4-11(18)12(19)7-10)9-15(24)21-13-5-6-27-16(13)17(25)26-2/h3-7H,8-9H2,1-2H3,(H,20,23)(H,21,24). The van der Waals surface area contributed by atoms with Crippen LogP contribution < -0.4 is 10.6 Å². The summed E-state index contributed by atoms with van der Waals surface area (Å²) in [5, 5.41) is 7.72. The van der Waals surface area contributed by atoms with Crippen molar-refractivity contribution >= 4 is 63.7 Å². The number of carbonyl (C=O) groups is 3. The molecule has 0 saturated heterocycles. The smallest absolute Gasteiger partial charge is 0.350 e. The Morgan fingerprint density at radius 2 is 1.74 bits per heavy atom. The molecule has 0 saturated carbocycles. The van der Waals surface area contributed by atoms with E-state index in [1.165, 1.54) is 23.3 Å². The Kier molecular flexibility index (Phi) is 7.61. The summed E-state index contributed by atoms with van der Waals surface area (Å²) in [6.07, 6.45) is 0. The lowest BCUT2D eigenvalue weighted by atomic mass is 10.3. The number of rotatable bonds is 7. The third-order valence-electron chi connectivity index (χ3n) is 3.34. The number of halogens is 2. The number of amides is 2. The number of thiophene rings is 1. The van der Waals surface area contributed by atoms with Gasteiger partial charge in [-0.2, -0.15) is 0 Å². The van der Waals surface area contributed by atoms with E-state index >= 15 is 0 Å². The lowest BCUT2D eigenvalue weighted by Gasteiger charge is -2.16. The fourth-order valence-electron chi connectivity index (χ4n) is 2.17. The van der Waals surface area contributed by atoms with Gasteiger partial charge in [0.1, 0.15) is 4.88 Å². The van der Waals surface area contributed by atoms with Crippen LogP contribution in [0.3, 0.4) is 0 Å². The first kappa shape index (κ1) is 21.2. The molecular weight excluding hydrogens is 413 g/mol. The molecule has 144 valence electrons. The van der Waals surface area contributed by atoms with Crippen LogP contribution in [0.2, 0.25) is 10.0 Å². The predicted molar refractivity (Wildman–Crippen MR) is 107 cm³/mol. The molecule has 0 radical (unpaired) electrons. The maximum atomic E-state index is 12.1. The molecule has 0 bridgehead atoms. The van der Waals surface area contributed by atoms with Crippen molar-refractivity contribution in [2.75, 3.05) is 37.9 Å². The molecule has 2 N–H and O–H groups in total. The number of benzene rings is 1. The second kappa shape index (κ2) is 9.70. The number of anilines is 2. The van der Waals surface area contributed by atoms with Gasteiger partial charge in [-0.25, -0.2) is 4.79 Å². The summed E-state index contributed by atoms with van der Waals surface area (Å²) < 4.78 is 4.66. The van der Waals surface area contributed by atoms with Gasteiger partial charge in [0.15, 0.2) is 0 Å². The summed E-state index contributed by atoms with van der Waals surface area (Å²) in [6, 6.07) is 6.37. The summed E-state index contributed by atoms with van der Waals surface area (Å²) >= 11 is 12.9. The van der Waals surface area contributed by atoms with Crippen LogP contribution in [0.5, 0.6) is 0 Å². The first-order chi connectivity index (χ1) is 12.8. The molecule has 0 spiro atoms. The van der Waals surface area contributed by atoms with E-state index in [-0.39, 0.29) is 24.9 Å². The molecule has 2 amide bonds. The van der Waals surface area contributed by atoms with E-state index in [9.17, 15) is 14.4 Å². The molecule has 1 aromatic carbocycles. The van der Waals surface area contributed by atoms with E-state index in [1.54, 1.807) is 36.7 Å². The topological polar surface area (TPSA) is 87.7 Å². The number of esters is 1. The van der Waals surface area contributed by atoms with E-state index in [0.717, 1.165) is 0 Å². The highest BCUT2D eigenvalue weighted by Crippen LogP contribution is 2.25. The summed E-state index contributed by atoms with van der Waals surface area (Å²) in [7, 11) is 2.90. The first-order valence-corrected chi connectivity index (χ1v) is 9.32. The van der Waals surface area contributed by atoms with Crippen LogP contribution in [-0.4, -0.2) is 49.9 Å². The average molecular weight is 430 g/mol. The number of methoxy groups -OCH3 is 1. The second-order valence-electron chi connectivity index (χ2n) is 5.55. The van der Waals surface area contributed by atoms with Crippen LogP contribution in [0.4, 0.5) is 11.4 Å². The van der Waals surface area contributed by atoms with Crippen molar-refractivity contribution in [3.63, 3.8) is 0 Å². The highest BCUT2D eigenvalue weighted by Gasteiger charge is 2.17. The largest absolute Gasteiger partial charge is 0.465 e. The third-order valence-corrected chi connectivity index (χ3v) is 4.97. The van der Waals surface area contributed by atoms with Crippen LogP contribution in [0.15, 0.2) is 29.6 Å². The van der Waals surface area contributed by atoms with E-state index in [2.05, 4.69) is 15.4 Å². The van der Waals surface area contributed by atoms with Gasteiger partial charge in [0.25, 0.3) is 0 Å². The molecule has 1 heterocycles. The summed E-state index contributed by atoms with van der Waals surface area (Å²) in [5.74, 6) is -1.19. The SMILES string of the molecule is COC(=O)c1sccc1NC(=O)CN(C)CC(=O)Nc1ccc(Cl)c(Cl)c1. The van der Waals surface area contributed by atoms with Gasteiger partial charge < -0.3 is 15.4 Å². The summed E-state index contributed by atoms with van der Waals surface area (Å²) in [5.41, 5.74) is 0.888. The molecule has 0 aliphatic heterocycles. The Morgan fingerprint density at radius 3 is 2.37 bits per heavy atom. The van der Waals surface area contributed by atoms with Crippen LogP contribution in [-0.2, 0) is 14.3 Å². The minimum Gasteiger partial charge on any atom is -0.465 e. The van der Waals surface area contributed by atoms with E-state index in [4.69, 9.17) is 23.2 Å². The predicted octanol–water partition coefficient (Wildman–Crippen LogP) is 3.35. The molecule has 0 fully saturated rings. The van der Waals surface area contributed by atoms with Crippen LogP contribution >= 0.6 is 34.5 Å². The number of ether oxygens (including phenoxy) is 1. The zero-order valence-electron chi connectivity index (χ0n) is 14.5. The lowest BCUT2D eigenvalue weighted by molar-refractivity contribution is -0.119. The van der Waals surface area contributed by atoms with Gasteiger partial charge in [-0.15, -0.1) is 11.3 Å². The molecule has 2 aromatic rings. The maximum absolute atomic E-state index is 12.1. The zero-order valence-corrected chi connectivity index (χ0v) is 16.9. The van der Waals surface area contributed by atoms with Crippen LogP contribution in [0.1, 0.15) is 9.67 Å². The molecule has 1 aromatic heterocycles. The van der Waals surface area contributed by atoms with Crippen molar-refractivity contribution in [2.24, 2.45) is 0 Å². The van der Waals surface area contributed by atoms with Gasteiger partial charge >= 0.3 is 5.97 Å². The first-order valence-electron chi connectivity index (χ1n) is 7.69. The van der Waals surface area contributed by atoms with Crippen molar-refractivity contribution in [3.8, 4) is 0 Å². The number of likely N-dealkylation sites (N-methyl/N-ethyl adjacent to an activating group) is 1. The van der Waals surface area contributed by atoms with E-state index < -0.39 is 5.97 Å². The highest BCUT2D eigenvalue weighted by molar-refractivity contribution is 7.12. The molecule has 0 aliphatic rings. The van der Waals surface area contributed by atoms with Crippen LogP contribution in [0.25, 0.3) is 0 Å². The van der Waals surface area contributed by atoms with Crippen LogP contribution in [0, 0.1) is 0 Å². The fourth-order valence-corrected chi connectivity index (χ4v) is 3.23. The number of nitrogens with one attached hydrogen (secondary N) is 2. The van der Waals surface area contributed by atoms with E-state index in [1.807, 2.05) is 0 Å². The van der Waals surface area contributed by atoms with E-state index in [0.29, 0.717) is 26.3 Å². The van der Waals surface area contributed by atoms with Gasteiger partial charge in [-0.3, -0.25) is 14.5 Å². The Morgan fingerprint density at radius 1 is 1.07 bits per heavy atom. The number of nitrogens with zero attached hydrogens (tertiary/aromatic N) is 1. The molecule has 27 heavy (non-hydrogen) atoms. The monoisotopic (exact) mass is 429 g/mol. The maximum Gasteiger partial charge on any atom is 0.350 e. The molecule has 10 heteroatoms. The van der Waals surface area contributed by atoms with Gasteiger partial charge in [0.2, 0.25) is 11.8 Å². The van der Waals surface area contributed by atoms with Crippen molar-refractivity contribution in [2.45, 2.75) is 0 Å². The fraction of sp³-hybridized carbons (Fsp3) is 0.235. The minimum absolute atomic E-state index is 0.0127. The molecule has 0 atom stereocenters. The van der Waals surface area contributed by atoms with Crippen molar-refractivity contribution in [1.29, 1.82) is 0 Å². The summed E-state index contributed by atoms with van der Waals surface area (Å²) in [4.78, 5) is 37.7. The number of carbonyl (C=O) groups excluding carboxylic acids is 3. The second-order valence-corrected chi connectivity index (χ2v) is 7.28. The zero-order chi connectivity index (χ0) is 20.0. The molecule has 0 aliphatic carbocycles. The Bertz CT molecular complexity index is 856. The normalized spacial score (nSPS) is 10.6. The third kappa shape index (κ3) is 6.21. The van der Waals surface area contributed by atoms with Crippen molar-refractivity contribution in [1.82, 2.24) is 4.90 Å². The summed E-state index contributed by atoms with van der Waals surface area (Å²) in [6.45, 7) is -0.0492. The molecule has 2 rings (SSSR count). The quantitative estimate of drug-likeness (QED) is 0.658. The molecule has 7 nitrogen and oxygen atoms in total. The Hall–Kier alpha value is -2.13. The van der Waals surface area contributed by atoms with Gasteiger partial charge in [-0.1, -0.05) is 23.2 Å². The number of hydrogen-bond donors (Lipinski definition) is 2. The van der Waals surface area contributed by atoms with Gasteiger partial charge in [0.05, 0.1) is 35.9 Å². The average Bonchev–Trinajstić information content (AvgIpc) is 3.05. The number of hydrogen-bond acceptors (Lipinski definition) is 6. The molecule has 0 unspecified atom stereocenters. The Labute approximate surface area is 170 Å². The minimum atomic E-state index is -0.519. The van der Waals surface area contributed by atoms with Gasteiger partial charge in [-0.05, 0) is 36.7 Å². The lowest BCUT2D eigenvalue weighted by Crippen LogP contribution is -2.36.